The van der Waals surface area contributed by atoms with Gasteiger partial charge in [-0.25, -0.2) is 0 Å². The lowest BCUT2D eigenvalue weighted by Crippen LogP contribution is -2.12. The van der Waals surface area contributed by atoms with Crippen molar-refractivity contribution in [1.82, 2.24) is 4.90 Å². The summed E-state index contributed by atoms with van der Waals surface area (Å²) in [6.45, 7) is 2.20. The maximum Gasteiger partial charge on any atom is 0.0356 e. The monoisotopic (exact) mass is 163 g/mol. The SMILES string of the molecule is CCC1=CC=CCC=C1N(C)C. The molecular weight excluding hydrogens is 146 g/mol. The third-order valence-corrected chi connectivity index (χ3v) is 2.07. The van der Waals surface area contributed by atoms with Gasteiger partial charge in [-0.2, -0.15) is 0 Å². The van der Waals surface area contributed by atoms with Crippen LogP contribution in [0.3, 0.4) is 0 Å². The van der Waals surface area contributed by atoms with Gasteiger partial charge >= 0.3 is 0 Å². The van der Waals surface area contributed by atoms with Crippen LogP contribution in [0.1, 0.15) is 19.8 Å². The molecule has 0 saturated heterocycles. The summed E-state index contributed by atoms with van der Waals surface area (Å²) in [4.78, 5) is 2.18. The highest BCUT2D eigenvalue weighted by molar-refractivity contribution is 5.34. The van der Waals surface area contributed by atoms with Gasteiger partial charge in [-0.05, 0) is 18.4 Å². The summed E-state index contributed by atoms with van der Waals surface area (Å²) >= 11 is 0. The fourth-order valence-electron chi connectivity index (χ4n) is 1.43. The Bertz CT molecular complexity index is 231. The smallest absolute Gasteiger partial charge is 0.0356 e. The van der Waals surface area contributed by atoms with E-state index in [0.29, 0.717) is 0 Å². The maximum atomic E-state index is 2.28. The van der Waals surface area contributed by atoms with Gasteiger partial charge in [-0.3, -0.25) is 0 Å². The normalized spacial score (nSPS) is 16.6. The van der Waals surface area contributed by atoms with Gasteiger partial charge in [0.05, 0.1) is 0 Å². The number of hydrogen-bond acceptors (Lipinski definition) is 1. The van der Waals surface area contributed by atoms with Gasteiger partial charge in [0.1, 0.15) is 0 Å². The van der Waals surface area contributed by atoms with Crippen molar-refractivity contribution in [2.24, 2.45) is 0 Å². The first-order valence-electron chi connectivity index (χ1n) is 4.49. The number of nitrogens with zero attached hydrogens (tertiary/aromatic N) is 1. The fourth-order valence-corrected chi connectivity index (χ4v) is 1.43. The Morgan fingerprint density at radius 3 is 2.75 bits per heavy atom. The van der Waals surface area contributed by atoms with E-state index in [1.807, 2.05) is 0 Å². The van der Waals surface area contributed by atoms with Crippen LogP contribution in [0.15, 0.2) is 35.6 Å². The Hall–Kier alpha value is -0.980. The molecule has 0 unspecified atom stereocenters. The molecule has 0 amide bonds. The molecule has 0 aromatic rings. The number of likely N-dealkylation sites (N-methyl/N-ethyl adjacent to an activating group) is 1. The summed E-state index contributed by atoms with van der Waals surface area (Å²) in [6.07, 6.45) is 11.0. The van der Waals surface area contributed by atoms with Gasteiger partial charge in [-0.15, -0.1) is 0 Å². The molecule has 66 valence electrons. The largest absolute Gasteiger partial charge is 0.378 e. The molecular formula is C11H17N. The van der Waals surface area contributed by atoms with Crippen molar-refractivity contribution in [3.05, 3.63) is 35.6 Å². The highest BCUT2D eigenvalue weighted by Crippen LogP contribution is 2.19. The first kappa shape index (κ1) is 9.11. The zero-order valence-corrected chi connectivity index (χ0v) is 8.17. The third kappa shape index (κ3) is 2.00. The van der Waals surface area contributed by atoms with E-state index < -0.39 is 0 Å². The zero-order valence-electron chi connectivity index (χ0n) is 8.17. The minimum atomic E-state index is 1.05. The molecule has 0 aliphatic heterocycles. The highest BCUT2D eigenvalue weighted by atomic mass is 15.1. The fraction of sp³-hybridized carbons (Fsp3) is 0.455. The number of allylic oxidation sites excluding steroid dienone is 5. The lowest BCUT2D eigenvalue weighted by molar-refractivity contribution is 0.516. The minimum Gasteiger partial charge on any atom is -0.378 e. The molecule has 1 rings (SSSR count). The van der Waals surface area contributed by atoms with Crippen molar-refractivity contribution in [3.63, 3.8) is 0 Å². The Labute approximate surface area is 75.1 Å². The molecule has 1 aliphatic rings. The standard InChI is InChI=1S/C11H17N/c1-4-10-8-6-5-7-9-11(10)12(2)3/h5-6,8-9H,4,7H2,1-3H3. The molecule has 0 atom stereocenters. The lowest BCUT2D eigenvalue weighted by atomic mass is 10.1. The zero-order chi connectivity index (χ0) is 8.97. The lowest BCUT2D eigenvalue weighted by Gasteiger charge is -2.18. The Balaban J connectivity index is 2.89. The van der Waals surface area contributed by atoms with Crippen LogP contribution in [0.4, 0.5) is 0 Å². The quantitative estimate of drug-likeness (QED) is 0.605. The van der Waals surface area contributed by atoms with Crippen molar-refractivity contribution >= 4 is 0 Å². The summed E-state index contributed by atoms with van der Waals surface area (Å²) in [5, 5.41) is 0. The Morgan fingerprint density at radius 1 is 1.42 bits per heavy atom. The van der Waals surface area contributed by atoms with Gasteiger partial charge in [0.25, 0.3) is 0 Å². The molecule has 0 heterocycles. The first-order valence-corrected chi connectivity index (χ1v) is 4.49. The summed E-state index contributed by atoms with van der Waals surface area (Å²) < 4.78 is 0. The van der Waals surface area contributed by atoms with Crippen LogP contribution in [0.25, 0.3) is 0 Å². The topological polar surface area (TPSA) is 3.24 Å². The van der Waals surface area contributed by atoms with Crippen molar-refractivity contribution in [2.45, 2.75) is 19.8 Å². The van der Waals surface area contributed by atoms with E-state index in [9.17, 15) is 0 Å². The van der Waals surface area contributed by atoms with Crippen LogP contribution in [-0.4, -0.2) is 19.0 Å². The molecule has 0 radical (unpaired) electrons. The summed E-state index contributed by atoms with van der Waals surface area (Å²) in [5.74, 6) is 0. The van der Waals surface area contributed by atoms with E-state index in [0.717, 1.165) is 12.8 Å². The van der Waals surface area contributed by atoms with Crippen LogP contribution < -0.4 is 0 Å². The second-order valence-corrected chi connectivity index (χ2v) is 3.19. The molecule has 0 spiro atoms. The van der Waals surface area contributed by atoms with Gasteiger partial charge in [-0.1, -0.05) is 31.2 Å². The molecule has 1 heteroatoms. The molecule has 0 fully saturated rings. The maximum absolute atomic E-state index is 2.28. The van der Waals surface area contributed by atoms with E-state index in [-0.39, 0.29) is 0 Å². The van der Waals surface area contributed by atoms with Crippen LogP contribution in [0, 0.1) is 0 Å². The summed E-state index contributed by atoms with van der Waals surface area (Å²) in [6, 6.07) is 0. The number of hydrogen-bond donors (Lipinski definition) is 0. The van der Waals surface area contributed by atoms with Crippen LogP contribution in [0.5, 0.6) is 0 Å². The molecule has 0 aromatic carbocycles. The molecule has 0 aromatic heterocycles. The second kappa shape index (κ2) is 4.15. The molecule has 1 nitrogen and oxygen atoms in total. The molecule has 1 aliphatic carbocycles. The van der Waals surface area contributed by atoms with Crippen LogP contribution in [-0.2, 0) is 0 Å². The Morgan fingerprint density at radius 2 is 2.17 bits per heavy atom. The number of rotatable bonds is 2. The van der Waals surface area contributed by atoms with Gasteiger partial charge in [0, 0.05) is 19.8 Å². The van der Waals surface area contributed by atoms with E-state index in [1.165, 1.54) is 11.3 Å². The Kier molecular flexibility index (Phi) is 3.15. The third-order valence-electron chi connectivity index (χ3n) is 2.07. The van der Waals surface area contributed by atoms with Crippen molar-refractivity contribution in [3.8, 4) is 0 Å². The predicted octanol–water partition coefficient (Wildman–Crippen LogP) is 2.73. The van der Waals surface area contributed by atoms with E-state index >= 15 is 0 Å². The van der Waals surface area contributed by atoms with Gasteiger partial charge in [0.15, 0.2) is 0 Å². The summed E-state index contributed by atoms with van der Waals surface area (Å²) in [5.41, 5.74) is 2.79. The first-order chi connectivity index (χ1) is 5.75. The molecule has 0 bridgehead atoms. The summed E-state index contributed by atoms with van der Waals surface area (Å²) in [7, 11) is 4.20. The van der Waals surface area contributed by atoms with Gasteiger partial charge in [0.2, 0.25) is 0 Å². The molecule has 0 N–H and O–H groups in total. The predicted molar refractivity (Wildman–Crippen MR) is 53.9 cm³/mol. The average molecular weight is 163 g/mol. The minimum absolute atomic E-state index is 1.05. The average Bonchev–Trinajstić information content (AvgIpc) is 2.27. The molecule has 0 saturated carbocycles. The van der Waals surface area contributed by atoms with Crippen LogP contribution in [0.2, 0.25) is 0 Å². The van der Waals surface area contributed by atoms with Crippen LogP contribution >= 0.6 is 0 Å². The molecule has 12 heavy (non-hydrogen) atoms. The van der Waals surface area contributed by atoms with Crippen molar-refractivity contribution < 1.29 is 0 Å². The highest BCUT2D eigenvalue weighted by Gasteiger charge is 2.04. The second-order valence-electron chi connectivity index (χ2n) is 3.19. The van der Waals surface area contributed by atoms with E-state index in [2.05, 4.69) is 50.2 Å². The van der Waals surface area contributed by atoms with Crippen molar-refractivity contribution in [2.75, 3.05) is 14.1 Å². The van der Waals surface area contributed by atoms with E-state index in [4.69, 9.17) is 0 Å². The van der Waals surface area contributed by atoms with Gasteiger partial charge < -0.3 is 4.90 Å². The van der Waals surface area contributed by atoms with E-state index in [1.54, 1.807) is 0 Å². The van der Waals surface area contributed by atoms with Crippen molar-refractivity contribution in [1.29, 1.82) is 0 Å².